The zero-order valence-corrected chi connectivity index (χ0v) is 16.4. The van der Waals surface area contributed by atoms with Gasteiger partial charge in [0.05, 0.1) is 12.1 Å². The fraction of sp³-hybridized carbons (Fsp3) is 0.409. The molecule has 0 unspecified atom stereocenters. The number of ketones is 1. The maximum absolute atomic E-state index is 12.9. The number of nitrogens with one attached hydrogen (secondary N) is 2. The van der Waals surface area contributed by atoms with Gasteiger partial charge < -0.3 is 15.2 Å². The fourth-order valence-corrected chi connectivity index (χ4v) is 3.60. The van der Waals surface area contributed by atoms with Crippen molar-refractivity contribution in [2.24, 2.45) is 0 Å². The van der Waals surface area contributed by atoms with E-state index >= 15 is 0 Å². The summed E-state index contributed by atoms with van der Waals surface area (Å²) in [5, 5.41) is 5.51. The number of fused-ring (bicyclic) bond motifs is 1. The minimum atomic E-state index is -0.433. The highest BCUT2D eigenvalue weighted by Gasteiger charge is 2.29. The Morgan fingerprint density at radius 2 is 1.93 bits per heavy atom. The van der Waals surface area contributed by atoms with Crippen molar-refractivity contribution in [1.82, 2.24) is 9.88 Å². The Kier molecular flexibility index (Phi) is 6.41. The van der Waals surface area contributed by atoms with E-state index in [0.717, 1.165) is 18.5 Å². The highest BCUT2D eigenvalue weighted by molar-refractivity contribution is 5.94. The van der Waals surface area contributed by atoms with Gasteiger partial charge in [0, 0.05) is 12.1 Å². The van der Waals surface area contributed by atoms with Crippen molar-refractivity contribution in [3.8, 4) is 0 Å². The highest BCUT2D eigenvalue weighted by atomic mass is 16.2. The zero-order chi connectivity index (χ0) is 20.1. The Bertz CT molecular complexity index is 905. The van der Waals surface area contributed by atoms with Gasteiger partial charge in [0.2, 0.25) is 5.91 Å². The Balaban J connectivity index is 1.69. The molecule has 0 aliphatic carbocycles. The number of aromatic nitrogens is 1. The molecule has 6 nitrogen and oxygen atoms in total. The van der Waals surface area contributed by atoms with Crippen LogP contribution in [0.1, 0.15) is 43.5 Å². The van der Waals surface area contributed by atoms with Gasteiger partial charge in [-0.3, -0.25) is 14.4 Å². The number of anilines is 1. The molecule has 1 amide bonds. The number of hydrogen-bond acceptors (Lipinski definition) is 4. The van der Waals surface area contributed by atoms with Crippen molar-refractivity contribution >= 4 is 17.4 Å². The molecule has 0 radical (unpaired) electrons. The number of benzene rings is 1. The van der Waals surface area contributed by atoms with Gasteiger partial charge in [-0.1, -0.05) is 30.3 Å². The number of rotatable bonds is 8. The van der Waals surface area contributed by atoms with Gasteiger partial charge in [0.25, 0.3) is 5.56 Å². The Labute approximate surface area is 165 Å². The highest BCUT2D eigenvalue weighted by Crippen LogP contribution is 2.27. The molecule has 1 aromatic heterocycles. The summed E-state index contributed by atoms with van der Waals surface area (Å²) in [5.74, 6) is -0.187. The van der Waals surface area contributed by atoms with Crippen LogP contribution in [0, 0.1) is 0 Å². The number of aryl methyl sites for hydroxylation is 2. The van der Waals surface area contributed by atoms with Crippen LogP contribution in [-0.2, 0) is 22.4 Å². The van der Waals surface area contributed by atoms with Crippen molar-refractivity contribution in [3.63, 3.8) is 0 Å². The molecule has 2 aromatic rings. The standard InChI is InChI=1S/C22H27N3O3/c1-15(23-2)21(27)24-18-13-11-17-12-14-19(25(17)22(18)28)20(26)10-6-9-16-7-4-3-5-8-16/h3-5,7-8,11,13,15,19,23H,6,9-10,12,14H2,1-2H3,(H,24,27)/t15-,19-/m0/s1. The zero-order valence-electron chi connectivity index (χ0n) is 16.4. The average Bonchev–Trinajstić information content (AvgIpc) is 3.15. The predicted octanol–water partition coefficient (Wildman–Crippen LogP) is 2.47. The molecule has 0 bridgehead atoms. The largest absolute Gasteiger partial charge is 0.320 e. The molecule has 0 saturated carbocycles. The molecule has 3 rings (SSSR count). The topological polar surface area (TPSA) is 80.2 Å². The second-order valence-electron chi connectivity index (χ2n) is 7.27. The second kappa shape index (κ2) is 8.97. The van der Waals surface area contributed by atoms with Crippen LogP contribution >= 0.6 is 0 Å². The van der Waals surface area contributed by atoms with E-state index in [-0.39, 0.29) is 22.9 Å². The van der Waals surface area contributed by atoms with E-state index in [1.165, 1.54) is 5.56 Å². The van der Waals surface area contributed by atoms with E-state index in [1.807, 2.05) is 24.3 Å². The summed E-state index contributed by atoms with van der Waals surface area (Å²) >= 11 is 0. The summed E-state index contributed by atoms with van der Waals surface area (Å²) in [6.07, 6.45) is 3.40. The van der Waals surface area contributed by atoms with Crippen LogP contribution < -0.4 is 16.2 Å². The van der Waals surface area contributed by atoms with Crippen LogP contribution in [0.2, 0.25) is 0 Å². The normalized spacial score (nSPS) is 16.4. The van der Waals surface area contributed by atoms with Gasteiger partial charge in [-0.25, -0.2) is 0 Å². The molecule has 148 valence electrons. The van der Waals surface area contributed by atoms with E-state index in [4.69, 9.17) is 0 Å². The molecular weight excluding hydrogens is 354 g/mol. The average molecular weight is 381 g/mol. The number of Topliss-reactive ketones (excluding diaryl/α,β-unsaturated/α-hetero) is 1. The van der Waals surface area contributed by atoms with Gasteiger partial charge in [-0.15, -0.1) is 0 Å². The molecule has 1 aromatic carbocycles. The lowest BCUT2D eigenvalue weighted by Gasteiger charge is -2.16. The minimum Gasteiger partial charge on any atom is -0.320 e. The van der Waals surface area contributed by atoms with Gasteiger partial charge in [0.1, 0.15) is 5.69 Å². The number of likely N-dealkylation sites (N-methyl/N-ethyl adjacent to an activating group) is 1. The molecule has 1 aliphatic heterocycles. The molecular formula is C22H27N3O3. The second-order valence-corrected chi connectivity index (χ2v) is 7.27. The number of carbonyl (C=O) groups is 2. The summed E-state index contributed by atoms with van der Waals surface area (Å²) in [7, 11) is 1.68. The van der Waals surface area contributed by atoms with E-state index in [0.29, 0.717) is 19.3 Å². The maximum atomic E-state index is 12.9. The summed E-state index contributed by atoms with van der Waals surface area (Å²) in [6, 6.07) is 12.7. The van der Waals surface area contributed by atoms with E-state index in [1.54, 1.807) is 24.6 Å². The minimum absolute atomic E-state index is 0.0869. The third-order valence-electron chi connectivity index (χ3n) is 5.37. The third kappa shape index (κ3) is 4.39. The lowest BCUT2D eigenvalue weighted by Crippen LogP contribution is -2.38. The first-order valence-electron chi connectivity index (χ1n) is 9.80. The lowest BCUT2D eigenvalue weighted by molar-refractivity contribution is -0.122. The molecule has 2 heterocycles. The van der Waals surface area contributed by atoms with Gasteiger partial charge in [0.15, 0.2) is 5.78 Å². The van der Waals surface area contributed by atoms with Crippen LogP contribution in [-0.4, -0.2) is 29.3 Å². The van der Waals surface area contributed by atoms with Gasteiger partial charge in [-0.05, 0) is 57.4 Å². The first-order chi connectivity index (χ1) is 13.5. The summed E-state index contributed by atoms with van der Waals surface area (Å²) in [4.78, 5) is 37.8. The lowest BCUT2D eigenvalue weighted by atomic mass is 10.0. The van der Waals surface area contributed by atoms with E-state index < -0.39 is 12.1 Å². The molecule has 0 saturated heterocycles. The Morgan fingerprint density at radius 1 is 1.18 bits per heavy atom. The van der Waals surface area contributed by atoms with Crippen LogP contribution in [0.4, 0.5) is 5.69 Å². The van der Waals surface area contributed by atoms with Crippen LogP contribution in [0.15, 0.2) is 47.3 Å². The van der Waals surface area contributed by atoms with Crippen molar-refractivity contribution in [1.29, 1.82) is 0 Å². The number of nitrogens with zero attached hydrogens (tertiary/aromatic N) is 1. The van der Waals surface area contributed by atoms with Gasteiger partial charge in [-0.2, -0.15) is 0 Å². The molecule has 0 spiro atoms. The Hall–Kier alpha value is -2.73. The third-order valence-corrected chi connectivity index (χ3v) is 5.37. The SMILES string of the molecule is CN[C@@H](C)C(=O)Nc1ccc2n(c1=O)[C@H](C(=O)CCCc1ccccc1)CC2. The molecule has 28 heavy (non-hydrogen) atoms. The number of hydrogen-bond donors (Lipinski definition) is 2. The first-order valence-corrected chi connectivity index (χ1v) is 9.80. The molecule has 0 fully saturated rings. The fourth-order valence-electron chi connectivity index (χ4n) is 3.60. The summed E-state index contributed by atoms with van der Waals surface area (Å²) in [5.41, 5.74) is 1.99. The molecule has 2 N–H and O–H groups in total. The Morgan fingerprint density at radius 3 is 2.64 bits per heavy atom. The number of carbonyl (C=O) groups excluding carboxylic acids is 2. The van der Waals surface area contributed by atoms with E-state index in [9.17, 15) is 14.4 Å². The van der Waals surface area contributed by atoms with Crippen molar-refractivity contribution in [2.75, 3.05) is 12.4 Å². The molecule has 1 aliphatic rings. The van der Waals surface area contributed by atoms with Crippen LogP contribution in [0.25, 0.3) is 0 Å². The summed E-state index contributed by atoms with van der Waals surface area (Å²) < 4.78 is 1.57. The monoisotopic (exact) mass is 381 g/mol. The van der Waals surface area contributed by atoms with Gasteiger partial charge >= 0.3 is 0 Å². The smallest absolute Gasteiger partial charge is 0.275 e. The van der Waals surface area contributed by atoms with Crippen molar-refractivity contribution in [2.45, 2.75) is 51.1 Å². The molecule has 6 heteroatoms. The predicted molar refractivity (Wildman–Crippen MR) is 110 cm³/mol. The van der Waals surface area contributed by atoms with E-state index in [2.05, 4.69) is 22.8 Å². The molecule has 2 atom stereocenters. The summed E-state index contributed by atoms with van der Waals surface area (Å²) in [6.45, 7) is 1.72. The number of pyridine rings is 1. The maximum Gasteiger partial charge on any atom is 0.275 e. The quantitative estimate of drug-likeness (QED) is 0.736. The van der Waals surface area contributed by atoms with Crippen LogP contribution in [0.3, 0.4) is 0 Å². The van der Waals surface area contributed by atoms with Crippen molar-refractivity contribution < 1.29 is 9.59 Å². The van der Waals surface area contributed by atoms with Crippen LogP contribution in [0.5, 0.6) is 0 Å². The number of amides is 1. The van der Waals surface area contributed by atoms with Crippen molar-refractivity contribution in [3.05, 3.63) is 64.1 Å². The first kappa shape index (κ1) is 20.0.